The van der Waals surface area contributed by atoms with Crippen LogP contribution in [0.3, 0.4) is 0 Å². The zero-order valence-corrected chi connectivity index (χ0v) is 12.4. The molecule has 0 aliphatic carbocycles. The summed E-state index contributed by atoms with van der Waals surface area (Å²) in [5.74, 6) is -0.0644. The molecular formula is C16H20N4O. The van der Waals surface area contributed by atoms with Crippen LogP contribution in [0.5, 0.6) is 0 Å². The fraction of sp³-hybridized carbons (Fsp3) is 0.375. The third kappa shape index (κ3) is 2.83. The van der Waals surface area contributed by atoms with E-state index in [0.717, 1.165) is 18.7 Å². The summed E-state index contributed by atoms with van der Waals surface area (Å²) in [5.41, 5.74) is 4.05. The Bertz CT molecular complexity index is 662. The monoisotopic (exact) mass is 284 g/mol. The summed E-state index contributed by atoms with van der Waals surface area (Å²) in [6.07, 6.45) is 2.80. The minimum atomic E-state index is -0.0644. The van der Waals surface area contributed by atoms with Gasteiger partial charge in [-0.25, -0.2) is 0 Å². The van der Waals surface area contributed by atoms with Gasteiger partial charge in [-0.2, -0.15) is 5.10 Å². The summed E-state index contributed by atoms with van der Waals surface area (Å²) >= 11 is 0. The first-order valence-corrected chi connectivity index (χ1v) is 7.25. The van der Waals surface area contributed by atoms with Crippen LogP contribution < -0.4 is 10.6 Å². The first-order chi connectivity index (χ1) is 10.1. The van der Waals surface area contributed by atoms with Gasteiger partial charge in [-0.15, -0.1) is 0 Å². The Morgan fingerprint density at radius 2 is 2.29 bits per heavy atom. The lowest BCUT2D eigenvalue weighted by molar-refractivity contribution is 0.0948. The molecule has 1 amide bonds. The molecule has 0 radical (unpaired) electrons. The molecular weight excluding hydrogens is 264 g/mol. The fourth-order valence-corrected chi connectivity index (χ4v) is 2.89. The predicted molar refractivity (Wildman–Crippen MR) is 81.2 cm³/mol. The number of nitrogens with one attached hydrogen (secondary N) is 2. The SMILES string of the molecule is Cc1nn(C)cc1C(=O)NCC1NCCc2ccccc21. The lowest BCUT2D eigenvalue weighted by Gasteiger charge is -2.27. The van der Waals surface area contributed by atoms with E-state index in [9.17, 15) is 4.79 Å². The molecule has 1 aliphatic heterocycles. The van der Waals surface area contributed by atoms with Crippen molar-refractivity contribution < 1.29 is 4.79 Å². The van der Waals surface area contributed by atoms with Gasteiger partial charge in [0.15, 0.2) is 0 Å². The van der Waals surface area contributed by atoms with Crippen molar-refractivity contribution in [2.24, 2.45) is 7.05 Å². The molecule has 5 heteroatoms. The normalized spacial score (nSPS) is 17.3. The van der Waals surface area contributed by atoms with Gasteiger partial charge >= 0.3 is 0 Å². The molecule has 2 aromatic rings. The summed E-state index contributed by atoms with van der Waals surface area (Å²) in [4.78, 5) is 12.2. The van der Waals surface area contributed by atoms with Crippen LogP contribution in [0.1, 0.15) is 33.2 Å². The molecule has 0 spiro atoms. The number of aromatic nitrogens is 2. The Hall–Kier alpha value is -2.14. The third-order valence-electron chi connectivity index (χ3n) is 3.94. The average molecular weight is 284 g/mol. The number of rotatable bonds is 3. The van der Waals surface area contributed by atoms with Gasteiger partial charge in [0.05, 0.1) is 11.3 Å². The van der Waals surface area contributed by atoms with Crippen molar-refractivity contribution in [3.8, 4) is 0 Å². The number of amides is 1. The van der Waals surface area contributed by atoms with Crippen LogP contribution in [0.25, 0.3) is 0 Å². The van der Waals surface area contributed by atoms with Crippen LogP contribution in [0, 0.1) is 6.92 Å². The van der Waals surface area contributed by atoms with Gasteiger partial charge in [0.25, 0.3) is 5.91 Å². The number of fused-ring (bicyclic) bond motifs is 1. The van der Waals surface area contributed by atoms with Crippen molar-refractivity contribution >= 4 is 5.91 Å². The first kappa shape index (κ1) is 13.8. The van der Waals surface area contributed by atoms with Crippen LogP contribution in [0.15, 0.2) is 30.5 Å². The van der Waals surface area contributed by atoms with Crippen molar-refractivity contribution in [1.29, 1.82) is 0 Å². The highest BCUT2D eigenvalue weighted by atomic mass is 16.1. The Kier molecular flexibility index (Phi) is 3.75. The topological polar surface area (TPSA) is 59.0 Å². The minimum Gasteiger partial charge on any atom is -0.350 e. The Labute approximate surface area is 124 Å². The number of carbonyl (C=O) groups is 1. The number of aryl methyl sites for hydroxylation is 2. The summed E-state index contributed by atoms with van der Waals surface area (Å²) in [6.45, 7) is 3.39. The molecule has 0 saturated carbocycles. The van der Waals surface area contributed by atoms with Crippen LogP contribution in [0.2, 0.25) is 0 Å². The molecule has 3 rings (SSSR count). The molecule has 2 heterocycles. The molecule has 0 saturated heterocycles. The zero-order chi connectivity index (χ0) is 14.8. The molecule has 21 heavy (non-hydrogen) atoms. The second-order valence-corrected chi connectivity index (χ2v) is 5.47. The molecule has 1 aliphatic rings. The Morgan fingerprint density at radius 1 is 1.48 bits per heavy atom. The summed E-state index contributed by atoms with van der Waals surface area (Å²) in [6, 6.07) is 8.59. The van der Waals surface area contributed by atoms with E-state index >= 15 is 0 Å². The zero-order valence-electron chi connectivity index (χ0n) is 12.4. The summed E-state index contributed by atoms with van der Waals surface area (Å²) in [7, 11) is 1.82. The van der Waals surface area contributed by atoms with Gasteiger partial charge in [-0.05, 0) is 31.0 Å². The van der Waals surface area contributed by atoms with Crippen LogP contribution in [-0.4, -0.2) is 28.8 Å². The molecule has 1 aromatic heterocycles. The molecule has 5 nitrogen and oxygen atoms in total. The maximum absolute atomic E-state index is 12.2. The number of hydrogen-bond donors (Lipinski definition) is 2. The standard InChI is InChI=1S/C16H20N4O/c1-11-14(10-20(2)19-11)16(21)18-9-15-13-6-4-3-5-12(13)7-8-17-15/h3-6,10,15,17H,7-9H2,1-2H3,(H,18,21). The van der Waals surface area contributed by atoms with Crippen molar-refractivity contribution in [2.75, 3.05) is 13.1 Å². The van der Waals surface area contributed by atoms with E-state index in [1.54, 1.807) is 10.9 Å². The van der Waals surface area contributed by atoms with Crippen LogP contribution in [-0.2, 0) is 13.5 Å². The highest BCUT2D eigenvalue weighted by Gasteiger charge is 2.20. The van der Waals surface area contributed by atoms with E-state index in [1.807, 2.05) is 20.0 Å². The van der Waals surface area contributed by atoms with Gasteiger partial charge in [0.1, 0.15) is 0 Å². The van der Waals surface area contributed by atoms with Crippen LogP contribution in [0.4, 0.5) is 0 Å². The van der Waals surface area contributed by atoms with E-state index in [-0.39, 0.29) is 11.9 Å². The molecule has 1 aromatic carbocycles. The number of nitrogens with zero attached hydrogens (tertiary/aromatic N) is 2. The second-order valence-electron chi connectivity index (χ2n) is 5.47. The summed E-state index contributed by atoms with van der Waals surface area (Å²) < 4.78 is 1.67. The van der Waals surface area contributed by atoms with Gasteiger partial charge in [0.2, 0.25) is 0 Å². The largest absolute Gasteiger partial charge is 0.350 e. The van der Waals surface area contributed by atoms with E-state index in [2.05, 4.69) is 33.9 Å². The maximum atomic E-state index is 12.2. The molecule has 0 fully saturated rings. The van der Waals surface area contributed by atoms with Gasteiger partial charge in [-0.3, -0.25) is 9.48 Å². The lowest BCUT2D eigenvalue weighted by Crippen LogP contribution is -2.38. The first-order valence-electron chi connectivity index (χ1n) is 7.25. The fourth-order valence-electron chi connectivity index (χ4n) is 2.89. The van der Waals surface area contributed by atoms with Gasteiger partial charge in [-0.1, -0.05) is 24.3 Å². The van der Waals surface area contributed by atoms with E-state index in [0.29, 0.717) is 12.1 Å². The maximum Gasteiger partial charge on any atom is 0.254 e. The minimum absolute atomic E-state index is 0.0644. The summed E-state index contributed by atoms with van der Waals surface area (Å²) in [5, 5.41) is 10.7. The third-order valence-corrected chi connectivity index (χ3v) is 3.94. The smallest absolute Gasteiger partial charge is 0.254 e. The second kappa shape index (κ2) is 5.69. The Morgan fingerprint density at radius 3 is 3.05 bits per heavy atom. The van der Waals surface area contributed by atoms with Gasteiger partial charge < -0.3 is 10.6 Å². The van der Waals surface area contributed by atoms with E-state index in [1.165, 1.54) is 11.1 Å². The van der Waals surface area contributed by atoms with Crippen molar-refractivity contribution in [3.05, 3.63) is 52.8 Å². The average Bonchev–Trinajstić information content (AvgIpc) is 2.83. The molecule has 1 atom stereocenters. The highest BCUT2D eigenvalue weighted by Crippen LogP contribution is 2.21. The van der Waals surface area contributed by atoms with Crippen molar-refractivity contribution in [1.82, 2.24) is 20.4 Å². The number of hydrogen-bond acceptors (Lipinski definition) is 3. The molecule has 0 bridgehead atoms. The van der Waals surface area contributed by atoms with Crippen LogP contribution >= 0.6 is 0 Å². The molecule has 2 N–H and O–H groups in total. The molecule has 1 unspecified atom stereocenters. The molecule has 110 valence electrons. The highest BCUT2D eigenvalue weighted by molar-refractivity contribution is 5.95. The van der Waals surface area contributed by atoms with Crippen molar-refractivity contribution in [2.45, 2.75) is 19.4 Å². The van der Waals surface area contributed by atoms with E-state index in [4.69, 9.17) is 0 Å². The number of benzene rings is 1. The Balaban J connectivity index is 1.69. The number of carbonyl (C=O) groups excluding carboxylic acids is 1. The quantitative estimate of drug-likeness (QED) is 0.894. The predicted octanol–water partition coefficient (Wildman–Crippen LogP) is 1.35. The lowest BCUT2D eigenvalue weighted by atomic mass is 9.94. The van der Waals surface area contributed by atoms with Gasteiger partial charge in [0, 0.05) is 25.8 Å². The van der Waals surface area contributed by atoms with E-state index < -0.39 is 0 Å². The van der Waals surface area contributed by atoms with Crippen molar-refractivity contribution in [3.63, 3.8) is 0 Å².